The van der Waals surface area contributed by atoms with Crippen molar-refractivity contribution in [1.29, 1.82) is 0 Å². The molecule has 3 atom stereocenters. The average molecular weight is 378 g/mol. The predicted molar refractivity (Wildman–Crippen MR) is 97.7 cm³/mol. The molecule has 1 amide bonds. The molecule has 6 nitrogen and oxygen atoms in total. The minimum Gasteiger partial charge on any atom is -0.496 e. The molecule has 1 aliphatic heterocycles. The fourth-order valence-corrected chi connectivity index (χ4v) is 6.11. The lowest BCUT2D eigenvalue weighted by Gasteiger charge is -2.23. The van der Waals surface area contributed by atoms with Gasteiger partial charge in [0.1, 0.15) is 5.75 Å². The highest BCUT2D eigenvalue weighted by Gasteiger charge is 2.41. The van der Waals surface area contributed by atoms with Crippen LogP contribution >= 0.6 is 0 Å². The van der Waals surface area contributed by atoms with Gasteiger partial charge in [-0.25, -0.2) is 13.1 Å². The zero-order valence-electron chi connectivity index (χ0n) is 15.1. The van der Waals surface area contributed by atoms with E-state index in [0.29, 0.717) is 36.2 Å². The summed E-state index contributed by atoms with van der Waals surface area (Å²) < 4.78 is 34.0. The lowest BCUT2D eigenvalue weighted by molar-refractivity contribution is 0.0789. The number of nitrogens with zero attached hydrogens (tertiary/aromatic N) is 1. The number of ether oxygens (including phenoxy) is 1. The fourth-order valence-electron chi connectivity index (χ4n) is 4.77. The Balaban J connectivity index is 1.59. The summed E-state index contributed by atoms with van der Waals surface area (Å²) in [4.78, 5) is 14.7. The highest BCUT2D eigenvalue weighted by atomic mass is 32.2. The number of carbonyl (C=O) groups is 1. The Hall–Kier alpha value is -1.60. The van der Waals surface area contributed by atoms with E-state index in [1.807, 2.05) is 0 Å². The fraction of sp³-hybridized carbons (Fsp3) is 0.632. The van der Waals surface area contributed by atoms with Crippen LogP contribution in [0.15, 0.2) is 23.1 Å². The van der Waals surface area contributed by atoms with Gasteiger partial charge in [0.05, 0.1) is 17.6 Å². The number of methoxy groups -OCH3 is 1. The number of hydrogen-bond donors (Lipinski definition) is 1. The van der Waals surface area contributed by atoms with Crippen molar-refractivity contribution in [2.75, 3.05) is 20.2 Å². The third-order valence-electron chi connectivity index (χ3n) is 6.15. The molecule has 1 aromatic carbocycles. The van der Waals surface area contributed by atoms with Gasteiger partial charge in [-0.3, -0.25) is 4.79 Å². The standard InChI is InChI=1S/C19H26N2O4S/c1-25-18-7-6-15(12-16(18)19(22)21-8-2-3-9-21)26(23,24)20-17-11-13-4-5-14(17)10-13/h6-7,12-14,17,20H,2-5,8-11H2,1H3/t13-,14-,17-/m0/s1. The van der Waals surface area contributed by atoms with Gasteiger partial charge in [-0.05, 0) is 62.1 Å². The van der Waals surface area contributed by atoms with Gasteiger partial charge < -0.3 is 9.64 Å². The maximum absolute atomic E-state index is 12.9. The second-order valence-corrected chi connectivity index (χ2v) is 9.48. The molecule has 2 saturated carbocycles. The van der Waals surface area contributed by atoms with Crippen molar-refractivity contribution >= 4 is 15.9 Å². The van der Waals surface area contributed by atoms with E-state index >= 15 is 0 Å². The van der Waals surface area contributed by atoms with Crippen molar-refractivity contribution in [2.24, 2.45) is 11.8 Å². The number of rotatable bonds is 5. The van der Waals surface area contributed by atoms with Gasteiger partial charge in [0, 0.05) is 19.1 Å². The molecule has 2 bridgehead atoms. The average Bonchev–Trinajstić information content (AvgIpc) is 3.38. The lowest BCUT2D eigenvalue weighted by Crippen LogP contribution is -2.38. The SMILES string of the molecule is COc1ccc(S(=O)(=O)N[C@H]2C[C@H]3CC[C@H]2C3)cc1C(=O)N1CCCC1. The minimum absolute atomic E-state index is 0.0265. The molecular formula is C19H26N2O4S. The second kappa shape index (κ2) is 6.85. The van der Waals surface area contributed by atoms with Crippen LogP contribution in [0.1, 0.15) is 48.9 Å². The maximum Gasteiger partial charge on any atom is 0.257 e. The Morgan fingerprint density at radius 3 is 2.58 bits per heavy atom. The number of fused-ring (bicyclic) bond motifs is 2. The van der Waals surface area contributed by atoms with E-state index in [-0.39, 0.29) is 16.8 Å². The summed E-state index contributed by atoms with van der Waals surface area (Å²) in [6.07, 6.45) is 6.36. The molecule has 0 radical (unpaired) electrons. The highest BCUT2D eigenvalue weighted by Crippen LogP contribution is 2.44. The van der Waals surface area contributed by atoms with Crippen molar-refractivity contribution in [3.05, 3.63) is 23.8 Å². The van der Waals surface area contributed by atoms with Crippen molar-refractivity contribution in [3.63, 3.8) is 0 Å². The van der Waals surface area contributed by atoms with Gasteiger partial charge in [-0.2, -0.15) is 0 Å². The summed E-state index contributed by atoms with van der Waals surface area (Å²) in [6, 6.07) is 4.60. The normalized spacial score (nSPS) is 27.9. The monoisotopic (exact) mass is 378 g/mol. The largest absolute Gasteiger partial charge is 0.496 e. The van der Waals surface area contributed by atoms with Gasteiger partial charge in [-0.15, -0.1) is 0 Å². The Labute approximate surface area is 155 Å². The third-order valence-corrected chi connectivity index (χ3v) is 7.64. The van der Waals surface area contributed by atoms with E-state index in [0.717, 1.165) is 32.1 Å². The molecule has 3 fully saturated rings. The number of sulfonamides is 1. The number of likely N-dealkylation sites (tertiary alicyclic amines) is 1. The zero-order valence-corrected chi connectivity index (χ0v) is 15.9. The molecular weight excluding hydrogens is 352 g/mol. The summed E-state index contributed by atoms with van der Waals surface area (Å²) in [6.45, 7) is 1.42. The minimum atomic E-state index is -3.65. The maximum atomic E-state index is 12.9. The van der Waals surface area contributed by atoms with Gasteiger partial charge in [0.2, 0.25) is 10.0 Å². The van der Waals surface area contributed by atoms with Crippen LogP contribution in [0.2, 0.25) is 0 Å². The first-order valence-corrected chi connectivity index (χ1v) is 11.0. The first-order chi connectivity index (χ1) is 12.5. The molecule has 1 aromatic rings. The van der Waals surface area contributed by atoms with E-state index < -0.39 is 10.0 Å². The van der Waals surface area contributed by atoms with E-state index in [9.17, 15) is 13.2 Å². The molecule has 0 spiro atoms. The second-order valence-electron chi connectivity index (χ2n) is 7.76. The van der Waals surface area contributed by atoms with Crippen molar-refractivity contribution in [2.45, 2.75) is 49.5 Å². The van der Waals surface area contributed by atoms with E-state index in [2.05, 4.69) is 4.72 Å². The first kappa shape index (κ1) is 17.8. The summed E-state index contributed by atoms with van der Waals surface area (Å²) in [7, 11) is -2.15. The molecule has 26 heavy (non-hydrogen) atoms. The van der Waals surface area contributed by atoms with Crippen molar-refractivity contribution in [3.8, 4) is 5.75 Å². The van der Waals surface area contributed by atoms with Crippen LogP contribution in [0.5, 0.6) is 5.75 Å². The zero-order chi connectivity index (χ0) is 18.3. The molecule has 1 N–H and O–H groups in total. The number of carbonyl (C=O) groups excluding carboxylic acids is 1. The van der Waals surface area contributed by atoms with Gasteiger partial charge in [0.25, 0.3) is 5.91 Å². The van der Waals surface area contributed by atoms with Gasteiger partial charge >= 0.3 is 0 Å². The lowest BCUT2D eigenvalue weighted by atomic mass is 9.96. The van der Waals surface area contributed by atoms with Crippen LogP contribution in [-0.2, 0) is 10.0 Å². The van der Waals surface area contributed by atoms with E-state index in [1.165, 1.54) is 25.7 Å². The van der Waals surface area contributed by atoms with E-state index in [4.69, 9.17) is 4.74 Å². The van der Waals surface area contributed by atoms with Crippen LogP contribution in [0.25, 0.3) is 0 Å². The molecule has 2 aliphatic carbocycles. The molecule has 4 rings (SSSR count). The molecule has 0 aromatic heterocycles. The van der Waals surface area contributed by atoms with Gasteiger partial charge in [-0.1, -0.05) is 6.42 Å². The van der Waals surface area contributed by atoms with E-state index in [1.54, 1.807) is 11.0 Å². The van der Waals surface area contributed by atoms with Crippen molar-refractivity contribution in [1.82, 2.24) is 9.62 Å². The third kappa shape index (κ3) is 3.22. The summed E-state index contributed by atoms with van der Waals surface area (Å²) in [5.41, 5.74) is 0.324. The Bertz CT molecular complexity index is 802. The molecule has 3 aliphatic rings. The summed E-state index contributed by atoms with van der Waals surface area (Å²) >= 11 is 0. The molecule has 1 heterocycles. The van der Waals surface area contributed by atoms with Crippen molar-refractivity contribution < 1.29 is 17.9 Å². The number of nitrogens with one attached hydrogen (secondary N) is 1. The topological polar surface area (TPSA) is 75.7 Å². The number of benzene rings is 1. The Morgan fingerprint density at radius 2 is 1.96 bits per heavy atom. The van der Waals surface area contributed by atoms with Crippen LogP contribution in [-0.4, -0.2) is 45.5 Å². The molecule has 7 heteroatoms. The number of amides is 1. The molecule has 142 valence electrons. The Kier molecular flexibility index (Phi) is 4.69. The predicted octanol–water partition coefficient (Wildman–Crippen LogP) is 2.40. The summed E-state index contributed by atoms with van der Waals surface area (Å²) in [5, 5.41) is 0. The van der Waals surface area contributed by atoms with Crippen LogP contribution in [0.3, 0.4) is 0 Å². The smallest absolute Gasteiger partial charge is 0.257 e. The summed E-state index contributed by atoms with van der Waals surface area (Å²) in [5.74, 6) is 1.38. The van der Waals surface area contributed by atoms with Crippen LogP contribution < -0.4 is 9.46 Å². The molecule has 1 saturated heterocycles. The first-order valence-electron chi connectivity index (χ1n) is 9.47. The van der Waals surface area contributed by atoms with Gasteiger partial charge in [0.15, 0.2) is 0 Å². The highest BCUT2D eigenvalue weighted by molar-refractivity contribution is 7.89. The quantitative estimate of drug-likeness (QED) is 0.854. The number of hydrogen-bond acceptors (Lipinski definition) is 4. The molecule has 0 unspecified atom stereocenters. The van der Waals surface area contributed by atoms with Crippen LogP contribution in [0, 0.1) is 11.8 Å². The Morgan fingerprint density at radius 1 is 1.19 bits per heavy atom. The van der Waals surface area contributed by atoms with Crippen LogP contribution in [0.4, 0.5) is 0 Å².